The maximum absolute atomic E-state index is 12.5. The number of carbonyl (C=O) groups is 2. The number of hydrogen-bond donors (Lipinski definition) is 1. The number of aliphatic hydroxyl groups excluding tert-OH is 1. The topological polar surface area (TPSA) is 63.6 Å². The van der Waals surface area contributed by atoms with Gasteiger partial charge in [0.1, 0.15) is 17.1 Å². The van der Waals surface area contributed by atoms with Gasteiger partial charge in [0.25, 0.3) is 0 Å². The van der Waals surface area contributed by atoms with Crippen LogP contribution in [0.1, 0.15) is 59.3 Å². The van der Waals surface area contributed by atoms with Crippen LogP contribution in [0.15, 0.2) is 23.0 Å². The van der Waals surface area contributed by atoms with Crippen molar-refractivity contribution in [3.8, 4) is 0 Å². The van der Waals surface area contributed by atoms with Crippen LogP contribution in [0.25, 0.3) is 0 Å². The van der Waals surface area contributed by atoms with Gasteiger partial charge >= 0.3 is 5.97 Å². The molecule has 0 radical (unpaired) electrons. The zero-order valence-electron chi connectivity index (χ0n) is 14.2. The van der Waals surface area contributed by atoms with Gasteiger partial charge in [-0.05, 0) is 46.5 Å². The summed E-state index contributed by atoms with van der Waals surface area (Å²) in [6.07, 6.45) is 6.17. The Morgan fingerprint density at radius 1 is 1.30 bits per heavy atom. The number of esters is 1. The number of rotatable bonds is 3. The number of carbonyl (C=O) groups excluding carboxylic acids is 2. The molecule has 0 aromatic heterocycles. The Labute approximate surface area is 137 Å². The third kappa shape index (κ3) is 2.73. The summed E-state index contributed by atoms with van der Waals surface area (Å²) < 4.78 is 5.82. The first-order valence-corrected chi connectivity index (χ1v) is 8.65. The molecule has 0 aromatic carbocycles. The summed E-state index contributed by atoms with van der Waals surface area (Å²) in [5.74, 6) is -0.160. The van der Waals surface area contributed by atoms with Crippen LogP contribution in [0, 0.1) is 17.8 Å². The van der Waals surface area contributed by atoms with E-state index in [4.69, 9.17) is 4.74 Å². The fourth-order valence-corrected chi connectivity index (χ4v) is 4.67. The van der Waals surface area contributed by atoms with E-state index in [9.17, 15) is 14.7 Å². The lowest BCUT2D eigenvalue weighted by atomic mass is 9.57. The quantitative estimate of drug-likeness (QED) is 0.634. The van der Waals surface area contributed by atoms with Crippen molar-refractivity contribution in [1.29, 1.82) is 0 Å². The third-order valence-electron chi connectivity index (χ3n) is 5.84. The van der Waals surface area contributed by atoms with Crippen LogP contribution in [-0.2, 0) is 14.3 Å². The van der Waals surface area contributed by atoms with Gasteiger partial charge in [0.05, 0.1) is 5.57 Å². The number of ether oxygens (including phenoxy) is 1. The molecule has 0 amide bonds. The molecule has 1 aliphatic heterocycles. The van der Waals surface area contributed by atoms with E-state index in [2.05, 4.69) is 19.9 Å². The highest BCUT2D eigenvalue weighted by Crippen LogP contribution is 2.53. The highest BCUT2D eigenvalue weighted by molar-refractivity contribution is 5.94. The molecule has 2 fully saturated rings. The van der Waals surface area contributed by atoms with Gasteiger partial charge in [-0.3, -0.25) is 4.79 Å². The molecule has 4 atom stereocenters. The van der Waals surface area contributed by atoms with Crippen molar-refractivity contribution in [3.05, 3.63) is 23.0 Å². The van der Waals surface area contributed by atoms with Crippen molar-refractivity contribution in [1.82, 2.24) is 0 Å². The van der Waals surface area contributed by atoms with Crippen LogP contribution in [0.3, 0.4) is 0 Å². The first kappa shape index (κ1) is 16.3. The fourth-order valence-electron chi connectivity index (χ4n) is 4.67. The molecule has 1 saturated carbocycles. The Hall–Kier alpha value is -1.58. The molecule has 3 aliphatic rings. The largest absolute Gasteiger partial charge is 0.512 e. The van der Waals surface area contributed by atoms with Crippen LogP contribution >= 0.6 is 0 Å². The predicted octanol–water partition coefficient (Wildman–Crippen LogP) is 3.87. The lowest BCUT2D eigenvalue weighted by Gasteiger charge is -2.52. The molecular weight excluding hydrogens is 292 g/mol. The number of ketones is 1. The standard InChI is InChI=1S/C19H26O4/c1-11(2)5-4-10-19(3)13-7-9-14(20)12-6-8-15(21)17(16(12)13)18(22)23-19/h5,12-13,16,21H,4,6-10H2,1-3H3/t12-,13+,16+,19-/m0/s1. The number of aliphatic hydroxyl groups is 1. The number of cyclic esters (lactones) is 1. The molecule has 2 aliphatic carbocycles. The lowest BCUT2D eigenvalue weighted by molar-refractivity contribution is -0.179. The molecule has 4 heteroatoms. The summed E-state index contributed by atoms with van der Waals surface area (Å²) in [7, 11) is 0. The molecule has 3 rings (SSSR count). The van der Waals surface area contributed by atoms with Gasteiger partial charge in [0.2, 0.25) is 0 Å². The van der Waals surface area contributed by atoms with Crippen molar-refractivity contribution < 1.29 is 19.4 Å². The summed E-state index contributed by atoms with van der Waals surface area (Å²) in [5, 5.41) is 10.2. The number of hydrogen-bond acceptors (Lipinski definition) is 4. The minimum absolute atomic E-state index is 0.115. The Morgan fingerprint density at radius 2 is 2.04 bits per heavy atom. The van der Waals surface area contributed by atoms with E-state index < -0.39 is 11.6 Å². The van der Waals surface area contributed by atoms with E-state index in [0.29, 0.717) is 24.8 Å². The van der Waals surface area contributed by atoms with Crippen molar-refractivity contribution in [2.24, 2.45) is 17.8 Å². The minimum Gasteiger partial charge on any atom is -0.512 e. The zero-order valence-corrected chi connectivity index (χ0v) is 14.2. The average Bonchev–Trinajstić information content (AvgIpc) is 2.45. The lowest BCUT2D eigenvalue weighted by Crippen LogP contribution is -2.56. The van der Waals surface area contributed by atoms with E-state index >= 15 is 0 Å². The summed E-state index contributed by atoms with van der Waals surface area (Å²) in [5.41, 5.74) is 1.09. The van der Waals surface area contributed by atoms with Crippen LogP contribution < -0.4 is 0 Å². The predicted molar refractivity (Wildman–Crippen MR) is 86.8 cm³/mol. The molecule has 1 saturated heterocycles. The summed E-state index contributed by atoms with van der Waals surface area (Å²) in [6, 6.07) is 0. The molecule has 4 nitrogen and oxygen atoms in total. The van der Waals surface area contributed by atoms with E-state index in [1.54, 1.807) is 0 Å². The maximum atomic E-state index is 12.5. The summed E-state index contributed by atoms with van der Waals surface area (Å²) in [6.45, 7) is 6.12. The van der Waals surface area contributed by atoms with E-state index in [0.717, 1.165) is 19.3 Å². The summed E-state index contributed by atoms with van der Waals surface area (Å²) in [4.78, 5) is 24.8. The van der Waals surface area contributed by atoms with Gasteiger partial charge in [0, 0.05) is 30.6 Å². The molecule has 23 heavy (non-hydrogen) atoms. The Morgan fingerprint density at radius 3 is 2.74 bits per heavy atom. The molecule has 1 N–H and O–H groups in total. The average molecular weight is 318 g/mol. The smallest absolute Gasteiger partial charge is 0.338 e. The number of Topliss-reactive ketones (excluding diaryl/α,β-unsaturated/α-hetero) is 1. The van der Waals surface area contributed by atoms with Crippen molar-refractivity contribution in [2.75, 3.05) is 0 Å². The normalized spacial score (nSPS) is 36.4. The van der Waals surface area contributed by atoms with Crippen molar-refractivity contribution in [2.45, 2.75) is 64.9 Å². The second-order valence-corrected chi connectivity index (χ2v) is 7.67. The fraction of sp³-hybridized carbons (Fsp3) is 0.684. The second-order valence-electron chi connectivity index (χ2n) is 7.67. The van der Waals surface area contributed by atoms with Crippen molar-refractivity contribution in [3.63, 3.8) is 0 Å². The molecule has 0 spiro atoms. The van der Waals surface area contributed by atoms with Gasteiger partial charge < -0.3 is 9.84 Å². The SMILES string of the molecule is CC(C)=CCC[C@]1(C)OC(=O)C2=C(O)CC[C@H]3C(=O)CC[C@@H]1[C@H]23. The van der Waals surface area contributed by atoms with E-state index in [1.807, 2.05) is 6.92 Å². The van der Waals surface area contributed by atoms with Crippen molar-refractivity contribution >= 4 is 11.8 Å². The van der Waals surface area contributed by atoms with Crippen LogP contribution in [-0.4, -0.2) is 22.5 Å². The minimum atomic E-state index is -0.548. The van der Waals surface area contributed by atoms with Crippen LogP contribution in [0.4, 0.5) is 0 Å². The molecule has 0 bridgehead atoms. The summed E-state index contributed by atoms with van der Waals surface area (Å²) >= 11 is 0. The highest BCUT2D eigenvalue weighted by Gasteiger charge is 2.57. The van der Waals surface area contributed by atoms with E-state index in [-0.39, 0.29) is 29.3 Å². The molecule has 1 heterocycles. The number of allylic oxidation sites excluding steroid dienone is 3. The van der Waals surface area contributed by atoms with Gasteiger partial charge in [-0.2, -0.15) is 0 Å². The van der Waals surface area contributed by atoms with E-state index in [1.165, 1.54) is 5.57 Å². The zero-order chi connectivity index (χ0) is 16.8. The maximum Gasteiger partial charge on any atom is 0.338 e. The molecule has 0 aromatic rings. The molecule has 0 unspecified atom stereocenters. The van der Waals surface area contributed by atoms with Crippen LogP contribution in [0.2, 0.25) is 0 Å². The second kappa shape index (κ2) is 5.81. The molecular formula is C19H26O4. The van der Waals surface area contributed by atoms with Gasteiger partial charge in [-0.15, -0.1) is 0 Å². The van der Waals surface area contributed by atoms with Gasteiger partial charge in [0.15, 0.2) is 0 Å². The molecule has 126 valence electrons. The van der Waals surface area contributed by atoms with Gasteiger partial charge in [-0.25, -0.2) is 4.79 Å². The Kier molecular flexibility index (Phi) is 4.11. The van der Waals surface area contributed by atoms with Gasteiger partial charge in [-0.1, -0.05) is 11.6 Å². The first-order chi connectivity index (χ1) is 10.8. The first-order valence-electron chi connectivity index (χ1n) is 8.65. The van der Waals surface area contributed by atoms with Crippen LogP contribution in [0.5, 0.6) is 0 Å². The highest BCUT2D eigenvalue weighted by atomic mass is 16.6. The monoisotopic (exact) mass is 318 g/mol. The Balaban J connectivity index is 1.94. The Bertz CT molecular complexity index is 596. The third-order valence-corrected chi connectivity index (χ3v) is 5.84.